The number of hydrogen-bond acceptors (Lipinski definition) is 2. The Balaban J connectivity index is 2.11. The Kier molecular flexibility index (Phi) is 6.02. The van der Waals surface area contributed by atoms with Gasteiger partial charge in [0.05, 0.1) is 17.2 Å². The maximum absolute atomic E-state index is 13.1. The lowest BCUT2D eigenvalue weighted by molar-refractivity contribution is 0.102. The smallest absolute Gasteiger partial charge is 0.256 e. The van der Waals surface area contributed by atoms with Crippen molar-refractivity contribution in [2.45, 2.75) is 13.8 Å². The van der Waals surface area contributed by atoms with Gasteiger partial charge in [-0.15, -0.1) is 0 Å². The summed E-state index contributed by atoms with van der Waals surface area (Å²) in [6.45, 7) is 4.65. The van der Waals surface area contributed by atoms with Crippen LogP contribution in [0.25, 0.3) is 0 Å². The van der Waals surface area contributed by atoms with Crippen molar-refractivity contribution in [2.24, 2.45) is 5.92 Å². The lowest BCUT2D eigenvalue weighted by Gasteiger charge is -2.12. The normalized spacial score (nSPS) is 10.7. The monoisotopic (exact) mass is 399 g/mol. The summed E-state index contributed by atoms with van der Waals surface area (Å²) >= 11 is 9.33. The standard InChI is InChI=1S/C17H16BrClFNO2/c1-10(2)9-23-16-6-4-12(8-15(16)19)21-17(22)13-5-3-11(20)7-14(13)18/h3-8,10H,9H2,1-2H3,(H,21,22). The fraction of sp³-hybridized carbons (Fsp3) is 0.235. The third kappa shape index (κ3) is 4.94. The SMILES string of the molecule is CC(C)COc1ccc(NC(=O)c2ccc(F)cc2Br)cc1Cl. The molecule has 0 aliphatic carbocycles. The van der Waals surface area contributed by atoms with Crippen LogP contribution in [0.5, 0.6) is 5.75 Å². The second-order valence-corrected chi connectivity index (χ2v) is 6.69. The van der Waals surface area contributed by atoms with E-state index in [1.54, 1.807) is 18.2 Å². The van der Waals surface area contributed by atoms with Crippen LogP contribution < -0.4 is 10.1 Å². The van der Waals surface area contributed by atoms with Crippen LogP contribution in [0, 0.1) is 11.7 Å². The third-order valence-corrected chi connectivity index (χ3v) is 3.89. The highest BCUT2D eigenvalue weighted by Crippen LogP contribution is 2.28. The number of nitrogens with one attached hydrogen (secondary N) is 1. The van der Waals surface area contributed by atoms with E-state index in [-0.39, 0.29) is 5.91 Å². The molecule has 122 valence electrons. The molecule has 1 amide bonds. The van der Waals surface area contributed by atoms with E-state index in [0.29, 0.717) is 39.0 Å². The molecule has 0 aliphatic rings. The highest BCUT2D eigenvalue weighted by Gasteiger charge is 2.12. The molecule has 1 N–H and O–H groups in total. The van der Waals surface area contributed by atoms with Crippen molar-refractivity contribution < 1.29 is 13.9 Å². The van der Waals surface area contributed by atoms with Gasteiger partial charge in [0, 0.05) is 10.2 Å². The zero-order valence-corrected chi connectivity index (χ0v) is 15.0. The van der Waals surface area contributed by atoms with E-state index >= 15 is 0 Å². The number of rotatable bonds is 5. The summed E-state index contributed by atoms with van der Waals surface area (Å²) in [4.78, 5) is 12.2. The Morgan fingerprint density at radius 3 is 2.65 bits per heavy atom. The molecule has 2 rings (SSSR count). The largest absolute Gasteiger partial charge is 0.492 e. The Labute approximate surface area is 147 Å². The molecule has 2 aromatic rings. The number of benzene rings is 2. The molecule has 0 saturated heterocycles. The summed E-state index contributed by atoms with van der Waals surface area (Å²) < 4.78 is 19.0. The van der Waals surface area contributed by atoms with E-state index < -0.39 is 5.82 Å². The molecule has 0 fully saturated rings. The van der Waals surface area contributed by atoms with Gasteiger partial charge in [0.25, 0.3) is 5.91 Å². The van der Waals surface area contributed by atoms with Gasteiger partial charge in [0.2, 0.25) is 0 Å². The lowest BCUT2D eigenvalue weighted by Crippen LogP contribution is -2.13. The maximum Gasteiger partial charge on any atom is 0.256 e. The van der Waals surface area contributed by atoms with Crippen molar-refractivity contribution in [3.8, 4) is 5.75 Å². The van der Waals surface area contributed by atoms with E-state index in [1.807, 2.05) is 13.8 Å². The first-order valence-electron chi connectivity index (χ1n) is 7.05. The molecule has 0 heterocycles. The summed E-state index contributed by atoms with van der Waals surface area (Å²) in [6.07, 6.45) is 0. The van der Waals surface area contributed by atoms with Gasteiger partial charge in [-0.25, -0.2) is 4.39 Å². The molecule has 0 aromatic heterocycles. The minimum atomic E-state index is -0.414. The van der Waals surface area contributed by atoms with Crippen LogP contribution in [0.1, 0.15) is 24.2 Å². The topological polar surface area (TPSA) is 38.3 Å². The molecule has 0 atom stereocenters. The zero-order chi connectivity index (χ0) is 17.0. The zero-order valence-electron chi connectivity index (χ0n) is 12.7. The summed E-state index contributed by atoms with van der Waals surface area (Å²) in [5.74, 6) is 0.189. The fourth-order valence-corrected chi connectivity index (χ4v) is 2.59. The van der Waals surface area contributed by atoms with E-state index in [9.17, 15) is 9.18 Å². The first-order chi connectivity index (χ1) is 10.9. The molecular weight excluding hydrogens is 385 g/mol. The van der Waals surface area contributed by atoms with Crippen molar-refractivity contribution in [1.29, 1.82) is 0 Å². The number of anilines is 1. The van der Waals surface area contributed by atoms with Gasteiger partial charge in [0.15, 0.2) is 0 Å². The van der Waals surface area contributed by atoms with Gasteiger partial charge in [0.1, 0.15) is 11.6 Å². The summed E-state index contributed by atoms with van der Waals surface area (Å²) in [5, 5.41) is 3.14. The van der Waals surface area contributed by atoms with Crippen molar-refractivity contribution >= 4 is 39.1 Å². The predicted octanol–water partition coefficient (Wildman–Crippen LogP) is 5.53. The molecule has 0 bridgehead atoms. The number of halogens is 3. The molecule has 0 unspecified atom stereocenters. The molecule has 3 nitrogen and oxygen atoms in total. The van der Waals surface area contributed by atoms with Crippen molar-refractivity contribution in [2.75, 3.05) is 11.9 Å². The number of hydrogen-bond donors (Lipinski definition) is 1. The van der Waals surface area contributed by atoms with Crippen LogP contribution >= 0.6 is 27.5 Å². The Hall–Kier alpha value is -1.59. The van der Waals surface area contributed by atoms with Crippen molar-refractivity contribution in [1.82, 2.24) is 0 Å². The number of ether oxygens (including phenoxy) is 1. The Morgan fingerprint density at radius 1 is 1.30 bits per heavy atom. The summed E-state index contributed by atoms with van der Waals surface area (Å²) in [6, 6.07) is 8.92. The second-order valence-electron chi connectivity index (χ2n) is 5.43. The highest BCUT2D eigenvalue weighted by molar-refractivity contribution is 9.10. The molecule has 0 radical (unpaired) electrons. The quantitative estimate of drug-likeness (QED) is 0.717. The minimum absolute atomic E-state index is 0.336. The van der Waals surface area contributed by atoms with Gasteiger partial charge in [-0.3, -0.25) is 4.79 Å². The van der Waals surface area contributed by atoms with E-state index in [2.05, 4.69) is 21.2 Å². The van der Waals surface area contributed by atoms with Crippen LogP contribution in [0.15, 0.2) is 40.9 Å². The summed E-state index contributed by atoms with van der Waals surface area (Å²) in [5.41, 5.74) is 0.871. The minimum Gasteiger partial charge on any atom is -0.492 e. The molecule has 0 spiro atoms. The molecular formula is C17H16BrClFNO2. The molecule has 2 aromatic carbocycles. The van der Waals surface area contributed by atoms with Gasteiger partial charge in [-0.05, 0) is 58.2 Å². The van der Waals surface area contributed by atoms with Crippen LogP contribution in [0.3, 0.4) is 0 Å². The highest BCUT2D eigenvalue weighted by atomic mass is 79.9. The average Bonchev–Trinajstić information content (AvgIpc) is 2.46. The van der Waals surface area contributed by atoms with Crippen LogP contribution in [0.2, 0.25) is 5.02 Å². The van der Waals surface area contributed by atoms with Gasteiger partial charge in [-0.1, -0.05) is 25.4 Å². The predicted molar refractivity (Wildman–Crippen MR) is 93.8 cm³/mol. The van der Waals surface area contributed by atoms with Crippen LogP contribution in [-0.2, 0) is 0 Å². The average molecular weight is 401 g/mol. The fourth-order valence-electron chi connectivity index (χ4n) is 1.82. The van der Waals surface area contributed by atoms with Crippen LogP contribution in [0.4, 0.5) is 10.1 Å². The summed E-state index contributed by atoms with van der Waals surface area (Å²) in [7, 11) is 0. The second kappa shape index (κ2) is 7.79. The van der Waals surface area contributed by atoms with Crippen LogP contribution in [-0.4, -0.2) is 12.5 Å². The molecule has 23 heavy (non-hydrogen) atoms. The van der Waals surface area contributed by atoms with E-state index in [1.165, 1.54) is 18.2 Å². The van der Waals surface area contributed by atoms with Crippen molar-refractivity contribution in [3.63, 3.8) is 0 Å². The van der Waals surface area contributed by atoms with Gasteiger partial charge >= 0.3 is 0 Å². The van der Waals surface area contributed by atoms with Crippen molar-refractivity contribution in [3.05, 3.63) is 57.3 Å². The first kappa shape index (κ1) is 17.8. The third-order valence-electron chi connectivity index (χ3n) is 2.94. The van der Waals surface area contributed by atoms with Gasteiger partial charge < -0.3 is 10.1 Å². The number of carbonyl (C=O) groups is 1. The van der Waals surface area contributed by atoms with E-state index in [0.717, 1.165) is 0 Å². The molecule has 0 aliphatic heterocycles. The molecule has 0 saturated carbocycles. The number of amides is 1. The Bertz CT molecular complexity index is 722. The number of carbonyl (C=O) groups excluding carboxylic acids is 1. The Morgan fingerprint density at radius 2 is 2.04 bits per heavy atom. The van der Waals surface area contributed by atoms with E-state index in [4.69, 9.17) is 16.3 Å². The first-order valence-corrected chi connectivity index (χ1v) is 8.22. The van der Waals surface area contributed by atoms with Gasteiger partial charge in [-0.2, -0.15) is 0 Å². The lowest BCUT2D eigenvalue weighted by atomic mass is 10.2. The molecule has 6 heteroatoms. The maximum atomic E-state index is 13.1.